The molecule has 0 saturated heterocycles. The normalized spacial score (nSPS) is 13.5. The smallest absolute Gasteiger partial charge is 0.331 e. The Hall–Kier alpha value is -1.30. The van der Waals surface area contributed by atoms with Gasteiger partial charge in [0.2, 0.25) is 0 Å². The number of amides is 1. The minimum Gasteiger partial charge on any atom is -0.467 e. The van der Waals surface area contributed by atoms with Crippen LogP contribution in [0.5, 0.6) is 0 Å². The minimum atomic E-state index is -1.16. The third-order valence-corrected chi connectivity index (χ3v) is 2.79. The molecule has 0 radical (unpaired) electrons. The van der Waals surface area contributed by atoms with Gasteiger partial charge in [0.1, 0.15) is 0 Å². The van der Waals surface area contributed by atoms with Gasteiger partial charge in [-0.05, 0) is 25.1 Å². The van der Waals surface area contributed by atoms with Crippen molar-refractivity contribution in [3.63, 3.8) is 0 Å². The van der Waals surface area contributed by atoms with Crippen molar-refractivity contribution in [2.24, 2.45) is 0 Å². The van der Waals surface area contributed by atoms with Crippen LogP contribution in [0.25, 0.3) is 0 Å². The molecule has 1 aromatic carbocycles. The average Bonchev–Trinajstić information content (AvgIpc) is 2.33. The van der Waals surface area contributed by atoms with E-state index in [2.05, 4.69) is 10.1 Å². The van der Waals surface area contributed by atoms with E-state index in [0.29, 0.717) is 10.0 Å². The number of benzene rings is 1. The van der Waals surface area contributed by atoms with Gasteiger partial charge in [-0.15, -0.1) is 0 Å². The molecule has 19 heavy (non-hydrogen) atoms. The predicted octanol–water partition coefficient (Wildman–Crippen LogP) is 1.65. The van der Waals surface area contributed by atoms with Gasteiger partial charge < -0.3 is 15.2 Å². The van der Waals surface area contributed by atoms with Crippen LogP contribution in [0.15, 0.2) is 18.2 Å². The molecule has 5 nitrogen and oxygen atoms in total. The topological polar surface area (TPSA) is 75.6 Å². The molecule has 7 heteroatoms. The molecule has 2 N–H and O–H groups in total. The number of aliphatic hydroxyl groups excluding tert-OH is 1. The molecule has 0 bridgehead atoms. The Morgan fingerprint density at radius 3 is 2.21 bits per heavy atom. The number of nitrogens with one attached hydrogen (secondary N) is 1. The average molecular weight is 306 g/mol. The maximum Gasteiger partial charge on any atom is 0.331 e. The quantitative estimate of drug-likeness (QED) is 0.829. The van der Waals surface area contributed by atoms with Crippen molar-refractivity contribution in [1.82, 2.24) is 5.32 Å². The number of aliphatic hydroxyl groups is 1. The lowest BCUT2D eigenvalue weighted by atomic mass is 10.1. The molecule has 104 valence electrons. The fourth-order valence-corrected chi connectivity index (χ4v) is 1.94. The molecule has 0 unspecified atom stereocenters. The van der Waals surface area contributed by atoms with Gasteiger partial charge >= 0.3 is 5.97 Å². The molecule has 0 fully saturated rings. The number of carbonyl (C=O) groups is 2. The van der Waals surface area contributed by atoms with Crippen molar-refractivity contribution in [3.8, 4) is 0 Å². The molecule has 0 aliphatic carbocycles. The summed E-state index contributed by atoms with van der Waals surface area (Å²) in [5.41, 5.74) is 0.187. The van der Waals surface area contributed by atoms with Crippen LogP contribution >= 0.6 is 23.2 Å². The summed E-state index contributed by atoms with van der Waals surface area (Å²) < 4.78 is 4.49. The number of hydrogen-bond acceptors (Lipinski definition) is 4. The molecule has 2 atom stereocenters. The molecule has 0 heterocycles. The number of methoxy groups -OCH3 is 1. The van der Waals surface area contributed by atoms with Crippen LogP contribution < -0.4 is 5.32 Å². The van der Waals surface area contributed by atoms with Gasteiger partial charge in [0.25, 0.3) is 5.91 Å². The summed E-state index contributed by atoms with van der Waals surface area (Å²) in [7, 11) is 1.17. The number of carbonyl (C=O) groups excluding carboxylic acids is 2. The molecule has 1 aromatic rings. The number of esters is 1. The summed E-state index contributed by atoms with van der Waals surface area (Å²) in [6, 6.07) is 3.13. The number of halogens is 2. The number of rotatable bonds is 4. The highest BCUT2D eigenvalue weighted by atomic mass is 35.5. The van der Waals surface area contributed by atoms with Gasteiger partial charge in [-0.1, -0.05) is 23.2 Å². The van der Waals surface area contributed by atoms with E-state index < -0.39 is 24.0 Å². The zero-order valence-electron chi connectivity index (χ0n) is 10.3. The Labute approximate surface area is 120 Å². The van der Waals surface area contributed by atoms with E-state index in [1.165, 1.54) is 32.2 Å². The van der Waals surface area contributed by atoms with E-state index in [4.69, 9.17) is 23.2 Å². The molecule has 1 rings (SSSR count). The summed E-state index contributed by atoms with van der Waals surface area (Å²) in [5.74, 6) is -1.32. The van der Waals surface area contributed by atoms with E-state index in [1.54, 1.807) is 0 Å². The van der Waals surface area contributed by atoms with Crippen LogP contribution in [0.4, 0.5) is 0 Å². The van der Waals surface area contributed by atoms with Crippen LogP contribution in [0.3, 0.4) is 0 Å². The van der Waals surface area contributed by atoms with Gasteiger partial charge in [0.05, 0.1) is 13.2 Å². The van der Waals surface area contributed by atoms with E-state index >= 15 is 0 Å². The SMILES string of the molecule is COC(=O)[C@@H](NC(=O)c1cc(Cl)cc(Cl)c1)[C@H](C)O. The molecular formula is C12H13Cl2NO4. The first-order valence-corrected chi connectivity index (χ1v) is 6.13. The van der Waals surface area contributed by atoms with E-state index in [0.717, 1.165) is 0 Å². The minimum absolute atomic E-state index is 0.187. The molecule has 0 aliphatic rings. The Morgan fingerprint density at radius 2 is 1.79 bits per heavy atom. The first kappa shape index (κ1) is 15.8. The third kappa shape index (κ3) is 4.38. The zero-order chi connectivity index (χ0) is 14.6. The molecule has 0 saturated carbocycles. The first-order chi connectivity index (χ1) is 8.85. The molecule has 0 spiro atoms. The number of ether oxygens (including phenoxy) is 1. The number of hydrogen-bond donors (Lipinski definition) is 2. The van der Waals surface area contributed by atoms with Gasteiger partial charge in [-0.2, -0.15) is 0 Å². The van der Waals surface area contributed by atoms with Crippen LogP contribution in [0.1, 0.15) is 17.3 Å². The second kappa shape index (κ2) is 6.75. The summed E-state index contributed by atoms with van der Waals surface area (Å²) in [6.45, 7) is 1.37. The van der Waals surface area contributed by atoms with Crippen molar-refractivity contribution in [2.45, 2.75) is 19.1 Å². The predicted molar refractivity (Wildman–Crippen MR) is 71.4 cm³/mol. The highest BCUT2D eigenvalue weighted by Crippen LogP contribution is 2.19. The molecular weight excluding hydrogens is 293 g/mol. The standard InChI is InChI=1S/C12H13Cl2NO4/c1-6(16)10(12(18)19-2)15-11(17)7-3-8(13)5-9(14)4-7/h3-6,10,16H,1-2H3,(H,15,17)/t6-,10-/m0/s1. The maximum absolute atomic E-state index is 11.9. The fourth-order valence-electron chi connectivity index (χ4n) is 1.41. The van der Waals surface area contributed by atoms with Gasteiger partial charge in [0, 0.05) is 15.6 Å². The van der Waals surface area contributed by atoms with Crippen LogP contribution in [0, 0.1) is 0 Å². The Kier molecular flexibility index (Phi) is 5.60. The van der Waals surface area contributed by atoms with Crippen molar-refractivity contribution in [3.05, 3.63) is 33.8 Å². The van der Waals surface area contributed by atoms with Gasteiger partial charge in [-0.25, -0.2) is 4.79 Å². The van der Waals surface area contributed by atoms with Crippen LogP contribution in [-0.2, 0) is 9.53 Å². The van der Waals surface area contributed by atoms with E-state index in [-0.39, 0.29) is 5.56 Å². The third-order valence-electron chi connectivity index (χ3n) is 2.35. The largest absolute Gasteiger partial charge is 0.467 e. The lowest BCUT2D eigenvalue weighted by Gasteiger charge is -2.19. The highest BCUT2D eigenvalue weighted by Gasteiger charge is 2.26. The van der Waals surface area contributed by atoms with Crippen LogP contribution in [0.2, 0.25) is 10.0 Å². The second-order valence-corrected chi connectivity index (χ2v) is 4.75. The van der Waals surface area contributed by atoms with Crippen LogP contribution in [-0.4, -0.2) is 36.2 Å². The summed E-state index contributed by atoms with van der Waals surface area (Å²) in [5, 5.41) is 12.4. The molecule has 0 aliphatic heterocycles. The van der Waals surface area contributed by atoms with Gasteiger partial charge in [-0.3, -0.25) is 4.79 Å². The van der Waals surface area contributed by atoms with Crippen molar-refractivity contribution in [2.75, 3.05) is 7.11 Å². The summed E-state index contributed by atoms with van der Waals surface area (Å²) in [4.78, 5) is 23.3. The van der Waals surface area contributed by atoms with E-state index in [9.17, 15) is 14.7 Å². The highest BCUT2D eigenvalue weighted by molar-refractivity contribution is 6.35. The summed E-state index contributed by atoms with van der Waals surface area (Å²) >= 11 is 11.6. The Bertz CT molecular complexity index is 470. The molecule has 0 aromatic heterocycles. The second-order valence-electron chi connectivity index (χ2n) is 3.87. The summed E-state index contributed by atoms with van der Waals surface area (Å²) in [6.07, 6.45) is -1.09. The molecule has 1 amide bonds. The maximum atomic E-state index is 11.9. The monoisotopic (exact) mass is 305 g/mol. The first-order valence-electron chi connectivity index (χ1n) is 5.38. The zero-order valence-corrected chi connectivity index (χ0v) is 11.8. The van der Waals surface area contributed by atoms with E-state index in [1.807, 2.05) is 0 Å². The van der Waals surface area contributed by atoms with Gasteiger partial charge in [0.15, 0.2) is 6.04 Å². The fraction of sp³-hybridized carbons (Fsp3) is 0.333. The Balaban J connectivity index is 2.90. The van der Waals surface area contributed by atoms with Crippen molar-refractivity contribution in [1.29, 1.82) is 0 Å². The van der Waals surface area contributed by atoms with Crippen molar-refractivity contribution >= 4 is 35.1 Å². The lowest BCUT2D eigenvalue weighted by molar-refractivity contribution is -0.145. The van der Waals surface area contributed by atoms with Crippen molar-refractivity contribution < 1.29 is 19.4 Å². The lowest BCUT2D eigenvalue weighted by Crippen LogP contribution is -2.48. The Morgan fingerprint density at radius 1 is 1.26 bits per heavy atom.